The number of nitrogens with two attached hydrogens (primary N) is 1. The molecule has 0 unspecified atom stereocenters. The van der Waals surface area contributed by atoms with Crippen LogP contribution < -0.4 is 10.6 Å². The number of hydrogen-bond donors (Lipinski definition) is 1. The Balaban J connectivity index is 2.86. The molecule has 1 aromatic carbocycles. The Kier molecular flexibility index (Phi) is 3.83. The Bertz CT molecular complexity index is 319. The van der Waals surface area contributed by atoms with E-state index in [4.69, 9.17) is 5.73 Å². The van der Waals surface area contributed by atoms with Gasteiger partial charge in [-0.3, -0.25) is 4.99 Å². The molecule has 0 heterocycles. The summed E-state index contributed by atoms with van der Waals surface area (Å²) in [5.74, 6) is 0.516. The van der Waals surface area contributed by atoms with Crippen LogP contribution in [-0.4, -0.2) is 26.3 Å². The molecule has 76 valence electrons. The Morgan fingerprint density at radius 1 is 1.36 bits per heavy atom. The Labute approximate surface area is 89.0 Å². The van der Waals surface area contributed by atoms with E-state index < -0.39 is 0 Å². The molecule has 0 radical (unpaired) electrons. The summed E-state index contributed by atoms with van der Waals surface area (Å²) in [6, 6.07) is 8.20. The second-order valence-electron chi connectivity index (χ2n) is 2.84. The van der Waals surface area contributed by atoms with Gasteiger partial charge < -0.3 is 10.6 Å². The molecule has 4 heteroatoms. The Morgan fingerprint density at radius 2 is 1.93 bits per heavy atom. The van der Waals surface area contributed by atoms with E-state index in [9.17, 15) is 0 Å². The molecule has 0 aromatic heterocycles. The molecule has 1 aromatic rings. The summed E-state index contributed by atoms with van der Waals surface area (Å²) in [7, 11) is 3.58. The molecule has 0 aliphatic rings. The van der Waals surface area contributed by atoms with E-state index in [1.807, 2.05) is 24.1 Å². The van der Waals surface area contributed by atoms with Crippen LogP contribution in [0, 0.1) is 0 Å². The second kappa shape index (κ2) is 4.91. The minimum Gasteiger partial charge on any atom is -0.370 e. The Morgan fingerprint density at radius 3 is 2.36 bits per heavy atom. The van der Waals surface area contributed by atoms with Gasteiger partial charge in [-0.15, -0.1) is 11.8 Å². The monoisotopic (exact) mass is 209 g/mol. The maximum absolute atomic E-state index is 5.69. The number of thioether (sulfide) groups is 1. The quantitative estimate of drug-likeness (QED) is 0.458. The highest BCUT2D eigenvalue weighted by Crippen LogP contribution is 2.19. The van der Waals surface area contributed by atoms with Gasteiger partial charge in [-0.2, -0.15) is 0 Å². The van der Waals surface area contributed by atoms with Gasteiger partial charge >= 0.3 is 0 Å². The summed E-state index contributed by atoms with van der Waals surface area (Å²) in [5.41, 5.74) is 6.74. The summed E-state index contributed by atoms with van der Waals surface area (Å²) >= 11 is 1.72. The van der Waals surface area contributed by atoms with Gasteiger partial charge in [-0.1, -0.05) is 0 Å². The van der Waals surface area contributed by atoms with Crippen LogP contribution in [0.4, 0.5) is 5.69 Å². The Hall–Kier alpha value is -1.16. The van der Waals surface area contributed by atoms with E-state index in [0.29, 0.717) is 5.96 Å². The molecule has 14 heavy (non-hydrogen) atoms. The summed E-state index contributed by atoms with van der Waals surface area (Å²) in [6.45, 7) is 0. The third kappa shape index (κ3) is 2.42. The molecule has 0 saturated heterocycles. The van der Waals surface area contributed by atoms with Crippen molar-refractivity contribution in [3.8, 4) is 0 Å². The lowest BCUT2D eigenvalue weighted by Gasteiger charge is -2.17. The van der Waals surface area contributed by atoms with Crippen LogP contribution >= 0.6 is 11.8 Å². The normalized spacial score (nSPS) is 11.5. The molecule has 1 rings (SSSR count). The first-order chi connectivity index (χ1) is 6.69. The first-order valence-corrected chi connectivity index (χ1v) is 5.51. The van der Waals surface area contributed by atoms with Gasteiger partial charge in [0.25, 0.3) is 0 Å². The third-order valence-corrected chi connectivity index (χ3v) is 2.78. The molecular weight excluding hydrogens is 194 g/mol. The predicted molar refractivity (Wildman–Crippen MR) is 64.2 cm³/mol. The van der Waals surface area contributed by atoms with Crippen molar-refractivity contribution < 1.29 is 0 Å². The van der Waals surface area contributed by atoms with Gasteiger partial charge in [-0.25, -0.2) is 0 Å². The van der Waals surface area contributed by atoms with E-state index in [-0.39, 0.29) is 0 Å². The van der Waals surface area contributed by atoms with E-state index in [2.05, 4.69) is 23.4 Å². The zero-order valence-corrected chi connectivity index (χ0v) is 9.51. The molecule has 0 bridgehead atoms. The van der Waals surface area contributed by atoms with Crippen LogP contribution in [-0.2, 0) is 0 Å². The van der Waals surface area contributed by atoms with Crippen LogP contribution in [0.5, 0.6) is 0 Å². The molecule has 0 atom stereocenters. The van der Waals surface area contributed by atoms with Crippen LogP contribution in [0.15, 0.2) is 34.2 Å². The molecule has 0 aliphatic carbocycles. The molecule has 0 aliphatic heterocycles. The number of nitrogens with zero attached hydrogens (tertiary/aromatic N) is 2. The maximum Gasteiger partial charge on any atom is 0.195 e. The number of guanidine groups is 1. The average Bonchev–Trinajstić information content (AvgIpc) is 2.27. The van der Waals surface area contributed by atoms with Crippen molar-refractivity contribution in [1.29, 1.82) is 0 Å². The number of anilines is 1. The third-order valence-electron chi connectivity index (χ3n) is 2.03. The molecule has 3 nitrogen and oxygen atoms in total. The van der Waals surface area contributed by atoms with Crippen molar-refractivity contribution in [1.82, 2.24) is 0 Å². The van der Waals surface area contributed by atoms with Crippen LogP contribution in [0.2, 0.25) is 0 Å². The van der Waals surface area contributed by atoms with Gasteiger partial charge in [-0.05, 0) is 30.5 Å². The van der Waals surface area contributed by atoms with Gasteiger partial charge in [0.05, 0.1) is 0 Å². The molecular formula is C10H15N3S. The van der Waals surface area contributed by atoms with E-state index in [0.717, 1.165) is 5.69 Å². The number of hydrogen-bond acceptors (Lipinski definition) is 2. The fourth-order valence-electron chi connectivity index (χ4n) is 1.09. The predicted octanol–water partition coefficient (Wildman–Crippen LogP) is 1.79. The second-order valence-corrected chi connectivity index (χ2v) is 3.72. The zero-order chi connectivity index (χ0) is 10.6. The lowest BCUT2D eigenvalue weighted by molar-refractivity contribution is 1.19. The first-order valence-electron chi connectivity index (χ1n) is 4.29. The van der Waals surface area contributed by atoms with E-state index in [1.165, 1.54) is 4.90 Å². The standard InChI is InChI=1S/C10H15N3S/c1-12-10(11)13(2)8-4-6-9(14-3)7-5-8/h4-7H,1-3H3,(H2,11,12). The lowest BCUT2D eigenvalue weighted by atomic mass is 10.3. The maximum atomic E-state index is 5.69. The van der Waals surface area contributed by atoms with Crippen molar-refractivity contribution in [3.05, 3.63) is 24.3 Å². The van der Waals surface area contributed by atoms with Gasteiger partial charge in [0.2, 0.25) is 0 Å². The summed E-state index contributed by atoms with van der Waals surface area (Å²) in [5, 5.41) is 0. The molecule has 0 spiro atoms. The van der Waals surface area contributed by atoms with Gasteiger partial charge in [0.1, 0.15) is 0 Å². The molecule has 0 fully saturated rings. The van der Waals surface area contributed by atoms with Crippen molar-refractivity contribution in [2.45, 2.75) is 4.90 Å². The van der Waals surface area contributed by atoms with Crippen molar-refractivity contribution >= 4 is 23.4 Å². The highest BCUT2D eigenvalue weighted by molar-refractivity contribution is 7.98. The van der Waals surface area contributed by atoms with Gasteiger partial charge in [0, 0.05) is 24.7 Å². The minimum absolute atomic E-state index is 0.516. The topological polar surface area (TPSA) is 41.6 Å². The van der Waals surface area contributed by atoms with E-state index in [1.54, 1.807) is 18.8 Å². The first kappa shape index (κ1) is 10.9. The highest BCUT2D eigenvalue weighted by Gasteiger charge is 2.03. The SMILES string of the molecule is CN=C(N)N(C)c1ccc(SC)cc1. The van der Waals surface area contributed by atoms with Crippen molar-refractivity contribution in [2.24, 2.45) is 10.7 Å². The fourth-order valence-corrected chi connectivity index (χ4v) is 1.50. The largest absolute Gasteiger partial charge is 0.370 e. The molecule has 0 saturated carbocycles. The lowest BCUT2D eigenvalue weighted by Crippen LogP contribution is -2.33. The summed E-state index contributed by atoms with van der Waals surface area (Å²) in [6.07, 6.45) is 2.06. The summed E-state index contributed by atoms with van der Waals surface area (Å²) in [4.78, 5) is 7.02. The molecule has 0 amide bonds. The highest BCUT2D eigenvalue weighted by atomic mass is 32.2. The van der Waals surface area contributed by atoms with Crippen LogP contribution in [0.3, 0.4) is 0 Å². The smallest absolute Gasteiger partial charge is 0.195 e. The number of rotatable bonds is 2. The van der Waals surface area contributed by atoms with Crippen LogP contribution in [0.1, 0.15) is 0 Å². The minimum atomic E-state index is 0.516. The van der Waals surface area contributed by atoms with Gasteiger partial charge in [0.15, 0.2) is 5.96 Å². The van der Waals surface area contributed by atoms with E-state index >= 15 is 0 Å². The summed E-state index contributed by atoms with van der Waals surface area (Å²) < 4.78 is 0. The van der Waals surface area contributed by atoms with Crippen LogP contribution in [0.25, 0.3) is 0 Å². The fraction of sp³-hybridized carbons (Fsp3) is 0.300. The number of aliphatic imine (C=N–C) groups is 1. The van der Waals surface area contributed by atoms with Crippen molar-refractivity contribution in [2.75, 3.05) is 25.3 Å². The average molecular weight is 209 g/mol. The van der Waals surface area contributed by atoms with Crippen molar-refractivity contribution in [3.63, 3.8) is 0 Å². The number of benzene rings is 1. The molecule has 2 N–H and O–H groups in total. The zero-order valence-electron chi connectivity index (χ0n) is 8.69.